The average Bonchev–Trinajstić information content (AvgIpc) is 3.12. The van der Waals surface area contributed by atoms with Crippen LogP contribution in [0.25, 0.3) is 6.08 Å². The molecular formula is C26H23ClN2O4S. The molecule has 0 fully saturated rings. The molecule has 0 bridgehead atoms. The standard InChI is InChI=1S/C26H23ClN2O4S/c1-4-14-33-20-9-7-6-8-18(20)15-21-24(30)29-23(17-10-12-19(27)13-11-17)22(25(31)32-5-2)16(3)28-26(29)34-21/h4,6-13,15,23H,1,5,14H2,2-3H3/b21-15-/t23-/m1/s1. The Bertz CT molecular complexity index is 1450. The third kappa shape index (κ3) is 4.62. The summed E-state index contributed by atoms with van der Waals surface area (Å²) in [5.41, 5.74) is 2.10. The highest BCUT2D eigenvalue weighted by Crippen LogP contribution is 2.31. The van der Waals surface area contributed by atoms with E-state index in [1.807, 2.05) is 24.3 Å². The number of carbonyl (C=O) groups excluding carboxylic acids is 1. The first-order valence-electron chi connectivity index (χ1n) is 10.7. The van der Waals surface area contributed by atoms with Crippen molar-refractivity contribution in [2.75, 3.05) is 13.2 Å². The van der Waals surface area contributed by atoms with Crippen molar-refractivity contribution in [3.05, 3.63) is 108 Å². The Morgan fingerprint density at radius 2 is 1.97 bits per heavy atom. The van der Waals surface area contributed by atoms with Crippen molar-refractivity contribution >= 4 is 35.0 Å². The van der Waals surface area contributed by atoms with Crippen LogP contribution in [0, 0.1) is 0 Å². The second-order valence-corrected chi connectivity index (χ2v) is 8.94. The molecule has 1 aliphatic rings. The molecule has 174 valence electrons. The van der Waals surface area contributed by atoms with Gasteiger partial charge in [-0.2, -0.15) is 0 Å². The molecule has 1 atom stereocenters. The van der Waals surface area contributed by atoms with Crippen molar-refractivity contribution in [3.8, 4) is 5.75 Å². The normalized spacial score (nSPS) is 15.5. The van der Waals surface area contributed by atoms with Crippen LogP contribution in [-0.2, 0) is 9.53 Å². The van der Waals surface area contributed by atoms with Gasteiger partial charge in [-0.15, -0.1) is 0 Å². The van der Waals surface area contributed by atoms with E-state index >= 15 is 0 Å². The van der Waals surface area contributed by atoms with Gasteiger partial charge in [0.2, 0.25) is 0 Å². The molecule has 6 nitrogen and oxygen atoms in total. The van der Waals surface area contributed by atoms with E-state index in [1.54, 1.807) is 54.8 Å². The topological polar surface area (TPSA) is 69.9 Å². The van der Waals surface area contributed by atoms with Crippen LogP contribution in [0.3, 0.4) is 0 Å². The van der Waals surface area contributed by atoms with Crippen molar-refractivity contribution in [3.63, 3.8) is 0 Å². The Morgan fingerprint density at radius 3 is 2.68 bits per heavy atom. The van der Waals surface area contributed by atoms with Crippen LogP contribution in [0.15, 0.2) is 82.2 Å². The lowest BCUT2D eigenvalue weighted by Gasteiger charge is -2.24. The minimum absolute atomic E-state index is 0.217. The van der Waals surface area contributed by atoms with Crippen LogP contribution in [-0.4, -0.2) is 23.8 Å². The first-order chi connectivity index (χ1) is 16.4. The monoisotopic (exact) mass is 494 g/mol. The van der Waals surface area contributed by atoms with Gasteiger partial charge in [0.15, 0.2) is 4.80 Å². The number of halogens is 1. The fourth-order valence-electron chi connectivity index (χ4n) is 3.77. The molecule has 0 saturated heterocycles. The highest BCUT2D eigenvalue weighted by atomic mass is 35.5. The number of aromatic nitrogens is 1. The quantitative estimate of drug-likeness (QED) is 0.367. The Morgan fingerprint density at radius 1 is 1.24 bits per heavy atom. The molecule has 0 aliphatic carbocycles. The van der Waals surface area contributed by atoms with Gasteiger partial charge in [-0.3, -0.25) is 9.36 Å². The molecule has 2 heterocycles. The maximum atomic E-state index is 13.7. The van der Waals surface area contributed by atoms with Gasteiger partial charge in [-0.25, -0.2) is 9.79 Å². The Kier molecular flexibility index (Phi) is 7.14. The molecule has 3 aromatic rings. The lowest BCUT2D eigenvalue weighted by molar-refractivity contribution is -0.139. The van der Waals surface area contributed by atoms with Crippen LogP contribution in [0.5, 0.6) is 5.75 Å². The van der Waals surface area contributed by atoms with Crippen LogP contribution in [0.4, 0.5) is 0 Å². The molecule has 8 heteroatoms. The number of ether oxygens (including phenoxy) is 2. The third-order valence-electron chi connectivity index (χ3n) is 5.27. The van der Waals surface area contributed by atoms with Gasteiger partial charge in [0, 0.05) is 10.6 Å². The lowest BCUT2D eigenvalue weighted by atomic mass is 9.96. The molecule has 0 spiro atoms. The minimum Gasteiger partial charge on any atom is -0.489 e. The number of carbonyl (C=O) groups is 1. The molecular weight excluding hydrogens is 472 g/mol. The molecule has 2 aromatic carbocycles. The number of esters is 1. The second kappa shape index (κ2) is 10.2. The van der Waals surface area contributed by atoms with Gasteiger partial charge >= 0.3 is 5.97 Å². The summed E-state index contributed by atoms with van der Waals surface area (Å²) in [4.78, 5) is 31.7. The van der Waals surface area contributed by atoms with Crippen LogP contribution < -0.4 is 19.6 Å². The fraction of sp³-hybridized carbons (Fsp3) is 0.192. The summed E-state index contributed by atoms with van der Waals surface area (Å²) in [5.74, 6) is 0.145. The van der Waals surface area contributed by atoms with Crippen LogP contribution >= 0.6 is 22.9 Å². The number of allylic oxidation sites excluding steroid dienone is 1. The summed E-state index contributed by atoms with van der Waals surface area (Å²) < 4.78 is 13.1. The largest absolute Gasteiger partial charge is 0.489 e. The van der Waals surface area contributed by atoms with Gasteiger partial charge in [0.1, 0.15) is 12.4 Å². The summed E-state index contributed by atoms with van der Waals surface area (Å²) in [6, 6.07) is 13.9. The van der Waals surface area contributed by atoms with Gasteiger partial charge in [-0.05, 0) is 43.7 Å². The number of rotatable bonds is 7. The van der Waals surface area contributed by atoms with Gasteiger partial charge in [0.05, 0.1) is 28.5 Å². The molecule has 0 unspecified atom stereocenters. The second-order valence-electron chi connectivity index (χ2n) is 7.49. The lowest BCUT2D eigenvalue weighted by Crippen LogP contribution is -2.39. The maximum absolute atomic E-state index is 13.7. The van der Waals surface area contributed by atoms with Crippen molar-refractivity contribution in [2.24, 2.45) is 4.99 Å². The number of para-hydroxylation sites is 1. The van der Waals surface area contributed by atoms with Crippen LogP contribution in [0.2, 0.25) is 5.02 Å². The van der Waals surface area contributed by atoms with E-state index in [4.69, 9.17) is 21.1 Å². The number of nitrogens with zero attached hydrogens (tertiary/aromatic N) is 2. The summed E-state index contributed by atoms with van der Waals surface area (Å²) in [5, 5.41) is 0.561. The average molecular weight is 495 g/mol. The molecule has 34 heavy (non-hydrogen) atoms. The SMILES string of the molecule is C=CCOc1ccccc1/C=c1\sc2n(c1=O)[C@H](c1ccc(Cl)cc1)C(C(=O)OCC)=C(C)N=2. The van der Waals surface area contributed by atoms with Gasteiger partial charge in [0.25, 0.3) is 5.56 Å². The molecule has 0 amide bonds. The maximum Gasteiger partial charge on any atom is 0.338 e. The van der Waals surface area contributed by atoms with Crippen molar-refractivity contribution in [1.29, 1.82) is 0 Å². The predicted molar refractivity (Wildman–Crippen MR) is 134 cm³/mol. The van der Waals surface area contributed by atoms with Crippen molar-refractivity contribution < 1.29 is 14.3 Å². The van der Waals surface area contributed by atoms with Gasteiger partial charge in [-0.1, -0.05) is 65.9 Å². The fourth-order valence-corrected chi connectivity index (χ4v) is 4.94. The van der Waals surface area contributed by atoms with E-state index in [1.165, 1.54) is 11.3 Å². The van der Waals surface area contributed by atoms with E-state index in [0.29, 0.717) is 38.0 Å². The molecule has 0 saturated carbocycles. The highest BCUT2D eigenvalue weighted by Gasteiger charge is 2.33. The van der Waals surface area contributed by atoms with Crippen molar-refractivity contribution in [1.82, 2.24) is 4.57 Å². The number of thiazole rings is 1. The number of hydrogen-bond acceptors (Lipinski definition) is 6. The first kappa shape index (κ1) is 23.7. The highest BCUT2D eigenvalue weighted by molar-refractivity contribution is 7.07. The summed E-state index contributed by atoms with van der Waals surface area (Å²) >= 11 is 7.36. The summed E-state index contributed by atoms with van der Waals surface area (Å²) in [7, 11) is 0. The van der Waals surface area contributed by atoms with E-state index in [2.05, 4.69) is 11.6 Å². The third-order valence-corrected chi connectivity index (χ3v) is 6.50. The number of hydrogen-bond donors (Lipinski definition) is 0. The predicted octanol–water partition coefficient (Wildman–Crippen LogP) is 4.02. The molecule has 1 aliphatic heterocycles. The van der Waals surface area contributed by atoms with Gasteiger partial charge < -0.3 is 9.47 Å². The molecule has 0 N–H and O–H groups in total. The number of fused-ring (bicyclic) bond motifs is 1. The molecule has 0 radical (unpaired) electrons. The van der Waals surface area contributed by atoms with E-state index in [-0.39, 0.29) is 12.2 Å². The molecule has 1 aromatic heterocycles. The smallest absolute Gasteiger partial charge is 0.338 e. The minimum atomic E-state index is -0.679. The van der Waals surface area contributed by atoms with E-state index in [0.717, 1.165) is 11.1 Å². The zero-order chi connectivity index (χ0) is 24.2. The zero-order valence-electron chi connectivity index (χ0n) is 18.8. The zero-order valence-corrected chi connectivity index (χ0v) is 20.4. The Labute approximate surface area is 205 Å². The Hall–Kier alpha value is -3.42. The van der Waals surface area contributed by atoms with Crippen molar-refractivity contribution in [2.45, 2.75) is 19.9 Å². The summed E-state index contributed by atoms with van der Waals surface area (Å²) in [6.45, 7) is 7.75. The Balaban J connectivity index is 1.92. The van der Waals surface area contributed by atoms with Crippen LogP contribution in [0.1, 0.15) is 31.0 Å². The van der Waals surface area contributed by atoms with E-state index < -0.39 is 12.0 Å². The number of benzene rings is 2. The molecule has 4 rings (SSSR count). The summed E-state index contributed by atoms with van der Waals surface area (Å²) in [6.07, 6.45) is 3.45. The van der Waals surface area contributed by atoms with E-state index in [9.17, 15) is 9.59 Å². The first-order valence-corrected chi connectivity index (χ1v) is 11.9.